The van der Waals surface area contributed by atoms with Crippen molar-refractivity contribution in [3.05, 3.63) is 63.6 Å². The monoisotopic (exact) mass is 417 g/mol. The fourth-order valence-corrected chi connectivity index (χ4v) is 3.96. The van der Waals surface area contributed by atoms with Crippen LogP contribution in [0.25, 0.3) is 0 Å². The third-order valence-corrected chi connectivity index (χ3v) is 5.99. The second kappa shape index (κ2) is 6.79. The van der Waals surface area contributed by atoms with Crippen molar-refractivity contribution in [2.75, 3.05) is 18.0 Å². The summed E-state index contributed by atoms with van der Waals surface area (Å²) in [6, 6.07) is 11.8. The maximum absolute atomic E-state index is 13.0. The number of anilines is 1. The first-order chi connectivity index (χ1) is 13.3. The highest BCUT2D eigenvalue weighted by molar-refractivity contribution is 6.42. The Morgan fingerprint density at radius 1 is 1.14 bits per heavy atom. The summed E-state index contributed by atoms with van der Waals surface area (Å²) in [5.74, 6) is -0.802. The Hall–Kier alpha value is -2.57. The lowest BCUT2D eigenvalue weighted by Gasteiger charge is -2.23. The molecule has 1 atom stereocenters. The second-order valence-corrected chi connectivity index (χ2v) is 7.81. The number of amides is 4. The van der Waals surface area contributed by atoms with Crippen molar-refractivity contribution in [2.45, 2.75) is 18.9 Å². The van der Waals surface area contributed by atoms with E-state index < -0.39 is 17.5 Å². The van der Waals surface area contributed by atoms with Crippen molar-refractivity contribution < 1.29 is 14.4 Å². The lowest BCUT2D eigenvalue weighted by molar-refractivity contribution is -0.134. The first kappa shape index (κ1) is 18.8. The minimum absolute atomic E-state index is 0.283. The van der Waals surface area contributed by atoms with Crippen LogP contribution in [-0.2, 0) is 21.5 Å². The van der Waals surface area contributed by atoms with Gasteiger partial charge in [-0.25, -0.2) is 4.79 Å². The van der Waals surface area contributed by atoms with Gasteiger partial charge in [0.05, 0.1) is 10.0 Å². The molecule has 2 heterocycles. The molecule has 0 spiro atoms. The average molecular weight is 418 g/mol. The molecule has 4 rings (SSSR count). The zero-order valence-electron chi connectivity index (χ0n) is 15.0. The Morgan fingerprint density at radius 2 is 1.89 bits per heavy atom. The number of carbonyl (C=O) groups excluding carboxylic acids is 3. The minimum atomic E-state index is -1.31. The third-order valence-electron chi connectivity index (χ3n) is 5.25. The Balaban J connectivity index is 1.56. The SMILES string of the molecule is CC1(c2ccc(Cl)c(Cl)c2)NC(=O)N(CC(=O)N2CCc3ccccc32)C1=O. The van der Waals surface area contributed by atoms with Crippen LogP contribution in [0.3, 0.4) is 0 Å². The van der Waals surface area contributed by atoms with Crippen LogP contribution in [0.1, 0.15) is 18.1 Å². The van der Waals surface area contributed by atoms with Gasteiger partial charge in [-0.15, -0.1) is 0 Å². The molecular weight excluding hydrogens is 401 g/mol. The van der Waals surface area contributed by atoms with Crippen LogP contribution in [0.4, 0.5) is 10.5 Å². The molecule has 2 aromatic rings. The number of para-hydroxylation sites is 1. The van der Waals surface area contributed by atoms with Gasteiger partial charge in [-0.05, 0) is 42.7 Å². The van der Waals surface area contributed by atoms with Gasteiger partial charge in [-0.3, -0.25) is 14.5 Å². The maximum Gasteiger partial charge on any atom is 0.325 e. The molecule has 0 aliphatic carbocycles. The smallest absolute Gasteiger partial charge is 0.319 e. The van der Waals surface area contributed by atoms with Gasteiger partial charge in [0.15, 0.2) is 0 Å². The van der Waals surface area contributed by atoms with Gasteiger partial charge in [0, 0.05) is 12.2 Å². The number of halogens is 2. The Labute approximate surface area is 172 Å². The Kier molecular flexibility index (Phi) is 4.56. The third kappa shape index (κ3) is 2.93. The van der Waals surface area contributed by atoms with Crippen LogP contribution in [0.15, 0.2) is 42.5 Å². The van der Waals surface area contributed by atoms with Crippen LogP contribution in [0, 0.1) is 0 Å². The average Bonchev–Trinajstić information content (AvgIpc) is 3.19. The lowest BCUT2D eigenvalue weighted by atomic mass is 9.92. The number of urea groups is 1. The first-order valence-electron chi connectivity index (χ1n) is 8.79. The largest absolute Gasteiger partial charge is 0.325 e. The summed E-state index contributed by atoms with van der Waals surface area (Å²) >= 11 is 12.0. The van der Waals surface area contributed by atoms with Crippen LogP contribution >= 0.6 is 23.2 Å². The summed E-state index contributed by atoms with van der Waals surface area (Å²) in [7, 11) is 0. The van der Waals surface area contributed by atoms with E-state index in [1.165, 1.54) is 0 Å². The number of carbonyl (C=O) groups is 3. The minimum Gasteiger partial charge on any atom is -0.319 e. The summed E-state index contributed by atoms with van der Waals surface area (Å²) in [6.07, 6.45) is 0.753. The molecule has 4 amide bonds. The number of rotatable bonds is 3. The molecule has 8 heteroatoms. The van der Waals surface area contributed by atoms with Gasteiger partial charge >= 0.3 is 6.03 Å². The molecule has 0 radical (unpaired) electrons. The van der Waals surface area contributed by atoms with Gasteiger partial charge in [-0.2, -0.15) is 0 Å². The predicted octanol–water partition coefficient (Wildman–Crippen LogP) is 3.35. The molecular formula is C20H17Cl2N3O3. The molecule has 2 aliphatic heterocycles. The van der Waals surface area contributed by atoms with Crippen molar-refractivity contribution in [3.63, 3.8) is 0 Å². The summed E-state index contributed by atoms with van der Waals surface area (Å²) in [5.41, 5.74) is 1.09. The van der Waals surface area contributed by atoms with E-state index >= 15 is 0 Å². The van der Waals surface area contributed by atoms with Gasteiger partial charge in [-0.1, -0.05) is 47.5 Å². The second-order valence-electron chi connectivity index (χ2n) is 7.00. The number of nitrogens with one attached hydrogen (secondary N) is 1. The number of hydrogen-bond acceptors (Lipinski definition) is 3. The molecule has 1 unspecified atom stereocenters. The number of hydrogen-bond donors (Lipinski definition) is 1. The van der Waals surface area contributed by atoms with E-state index in [0.717, 1.165) is 22.6 Å². The molecule has 1 saturated heterocycles. The van der Waals surface area contributed by atoms with Crippen molar-refractivity contribution >= 4 is 46.7 Å². The van der Waals surface area contributed by atoms with Crippen LogP contribution in [0.5, 0.6) is 0 Å². The molecule has 0 bridgehead atoms. The predicted molar refractivity (Wildman–Crippen MR) is 107 cm³/mol. The summed E-state index contributed by atoms with van der Waals surface area (Å²) in [6.45, 7) is 1.80. The summed E-state index contributed by atoms with van der Waals surface area (Å²) in [5, 5.41) is 3.31. The molecule has 144 valence electrons. The van der Waals surface area contributed by atoms with Gasteiger partial charge in [0.2, 0.25) is 5.91 Å². The highest BCUT2D eigenvalue weighted by atomic mass is 35.5. The van der Waals surface area contributed by atoms with Crippen LogP contribution < -0.4 is 10.2 Å². The van der Waals surface area contributed by atoms with Gasteiger partial charge in [0.1, 0.15) is 12.1 Å². The fourth-order valence-electron chi connectivity index (χ4n) is 3.66. The normalized spacial score (nSPS) is 21.1. The lowest BCUT2D eigenvalue weighted by Crippen LogP contribution is -2.44. The number of fused-ring (bicyclic) bond motifs is 1. The molecule has 1 N–H and O–H groups in total. The van der Waals surface area contributed by atoms with Crippen LogP contribution in [0.2, 0.25) is 10.0 Å². The fraction of sp³-hybridized carbons (Fsp3) is 0.250. The molecule has 28 heavy (non-hydrogen) atoms. The van der Waals surface area contributed by atoms with E-state index in [1.807, 2.05) is 24.3 Å². The van der Waals surface area contributed by atoms with E-state index in [4.69, 9.17) is 23.2 Å². The van der Waals surface area contributed by atoms with E-state index in [1.54, 1.807) is 30.0 Å². The molecule has 2 aliphatic rings. The number of benzene rings is 2. The molecule has 2 aromatic carbocycles. The molecule has 1 fully saturated rings. The van der Waals surface area contributed by atoms with E-state index in [-0.39, 0.29) is 17.5 Å². The van der Waals surface area contributed by atoms with Crippen molar-refractivity contribution in [3.8, 4) is 0 Å². The van der Waals surface area contributed by atoms with Crippen LogP contribution in [-0.4, -0.2) is 35.8 Å². The van der Waals surface area contributed by atoms with Crippen molar-refractivity contribution in [2.24, 2.45) is 0 Å². The van der Waals surface area contributed by atoms with E-state index in [0.29, 0.717) is 17.1 Å². The maximum atomic E-state index is 13.0. The topological polar surface area (TPSA) is 69.7 Å². The molecule has 0 aromatic heterocycles. The van der Waals surface area contributed by atoms with Crippen molar-refractivity contribution in [1.29, 1.82) is 0 Å². The highest BCUT2D eigenvalue weighted by Gasteiger charge is 2.50. The quantitative estimate of drug-likeness (QED) is 0.778. The van der Waals surface area contributed by atoms with Gasteiger partial charge in [0.25, 0.3) is 5.91 Å². The first-order valence-corrected chi connectivity index (χ1v) is 9.55. The summed E-state index contributed by atoms with van der Waals surface area (Å²) < 4.78 is 0. The summed E-state index contributed by atoms with van der Waals surface area (Å²) in [4.78, 5) is 40.9. The zero-order valence-corrected chi connectivity index (χ0v) is 16.5. The zero-order chi connectivity index (χ0) is 20.1. The molecule has 6 nitrogen and oxygen atoms in total. The highest BCUT2D eigenvalue weighted by Crippen LogP contribution is 2.33. The number of nitrogens with zero attached hydrogens (tertiary/aromatic N) is 2. The molecule has 0 saturated carbocycles. The Bertz CT molecular complexity index is 1010. The number of imide groups is 1. The van der Waals surface area contributed by atoms with E-state index in [2.05, 4.69) is 5.32 Å². The Morgan fingerprint density at radius 3 is 2.64 bits per heavy atom. The van der Waals surface area contributed by atoms with Crippen molar-refractivity contribution in [1.82, 2.24) is 10.2 Å². The van der Waals surface area contributed by atoms with E-state index in [9.17, 15) is 14.4 Å². The standard InChI is InChI=1S/C20H17Cl2N3O3/c1-20(13-6-7-14(21)15(22)10-13)18(27)25(19(28)23-20)11-17(26)24-9-8-12-4-2-3-5-16(12)24/h2-7,10H,8-9,11H2,1H3,(H,23,28). The van der Waals surface area contributed by atoms with Gasteiger partial charge < -0.3 is 10.2 Å².